The van der Waals surface area contributed by atoms with E-state index < -0.39 is 12.0 Å². The molecule has 1 aromatic carbocycles. The summed E-state index contributed by atoms with van der Waals surface area (Å²) in [6.07, 6.45) is 0. The highest BCUT2D eigenvalue weighted by molar-refractivity contribution is 6.11. The predicted molar refractivity (Wildman–Crippen MR) is 69.3 cm³/mol. The topological polar surface area (TPSA) is 58.9 Å². The van der Waals surface area contributed by atoms with Gasteiger partial charge in [-0.1, -0.05) is 24.3 Å². The Morgan fingerprint density at radius 2 is 1.28 bits per heavy atom. The van der Waals surface area contributed by atoms with Gasteiger partial charge >= 0.3 is 0 Å². The van der Waals surface area contributed by atoms with Crippen LogP contribution in [0.1, 0.15) is 11.1 Å². The van der Waals surface area contributed by atoms with E-state index in [1.54, 1.807) is 0 Å². The molecule has 0 aliphatic rings. The van der Waals surface area contributed by atoms with Crippen molar-refractivity contribution >= 4 is 15.7 Å². The number of aliphatic hydroxyl groups excluding tert-OH is 2. The fourth-order valence-corrected chi connectivity index (χ4v) is 1.34. The molecule has 0 fully saturated rings. The van der Waals surface area contributed by atoms with E-state index in [1.165, 1.54) is 0 Å². The summed E-state index contributed by atoms with van der Waals surface area (Å²) >= 11 is 0. The van der Waals surface area contributed by atoms with Gasteiger partial charge in [0, 0.05) is 12.0 Å². The van der Waals surface area contributed by atoms with E-state index in [0.717, 1.165) is 11.1 Å². The van der Waals surface area contributed by atoms with Crippen LogP contribution in [0, 0.1) is 0 Å². The van der Waals surface area contributed by atoms with Crippen molar-refractivity contribution in [2.75, 3.05) is 13.2 Å². The molecule has 18 heavy (non-hydrogen) atoms. The van der Waals surface area contributed by atoms with Crippen LogP contribution in [0.15, 0.2) is 24.3 Å². The van der Waals surface area contributed by atoms with Gasteiger partial charge in [-0.15, -0.1) is 0 Å². The van der Waals surface area contributed by atoms with E-state index in [1.807, 2.05) is 24.3 Å². The van der Waals surface area contributed by atoms with Gasteiger partial charge in [0.15, 0.2) is 0 Å². The lowest BCUT2D eigenvalue weighted by Gasteiger charge is -2.15. The zero-order valence-electron chi connectivity index (χ0n) is 10.2. The minimum absolute atomic E-state index is 0.228. The molecule has 0 aromatic heterocycles. The second-order valence-corrected chi connectivity index (χ2v) is 3.83. The molecule has 1 rings (SSSR count). The van der Waals surface area contributed by atoms with Crippen molar-refractivity contribution in [1.29, 1.82) is 0 Å². The van der Waals surface area contributed by atoms with Crippen molar-refractivity contribution in [3.05, 3.63) is 35.4 Å². The van der Waals surface area contributed by atoms with Crippen LogP contribution in [0.2, 0.25) is 0 Å². The molecule has 0 saturated carbocycles. The van der Waals surface area contributed by atoms with Gasteiger partial charge in [-0.25, -0.2) is 0 Å². The van der Waals surface area contributed by atoms with E-state index >= 15 is 0 Å². The quantitative estimate of drug-likeness (QED) is 0.618. The summed E-state index contributed by atoms with van der Waals surface area (Å²) in [5.41, 5.74) is 1.82. The number of aliphatic hydroxyl groups is 2. The molecular weight excluding hydrogens is 230 g/mol. The first-order chi connectivity index (χ1) is 8.67. The number of benzene rings is 1. The number of hydrogen-bond donors (Lipinski definition) is 2. The first-order valence-electron chi connectivity index (χ1n) is 5.70. The molecule has 6 heteroatoms. The van der Waals surface area contributed by atoms with Crippen LogP contribution in [0.4, 0.5) is 0 Å². The van der Waals surface area contributed by atoms with Crippen LogP contribution >= 0.6 is 0 Å². The minimum Gasteiger partial charge on any atom is -0.395 e. The van der Waals surface area contributed by atoms with Crippen LogP contribution in [0.25, 0.3) is 0 Å². The molecule has 1 aromatic rings. The molecule has 0 saturated heterocycles. The standard InChI is InChI=1S/C12H16B2O4/c13-11(5-15)17-7-9-3-1-2-4-10(9)8-18-12(14)6-16/h1-4,11-12,15-16H,5-8H2. The fraction of sp³-hybridized carbons (Fsp3) is 0.500. The largest absolute Gasteiger partial charge is 0.395 e. The normalized spacial score (nSPS) is 14.3. The van der Waals surface area contributed by atoms with Crippen LogP contribution < -0.4 is 0 Å². The number of ether oxygens (including phenoxy) is 2. The first kappa shape index (κ1) is 15.2. The van der Waals surface area contributed by atoms with Crippen molar-refractivity contribution in [3.63, 3.8) is 0 Å². The summed E-state index contributed by atoms with van der Waals surface area (Å²) in [6, 6.07) is 6.12. The Morgan fingerprint density at radius 3 is 1.61 bits per heavy atom. The lowest BCUT2D eigenvalue weighted by Crippen LogP contribution is -2.19. The molecule has 0 aliphatic heterocycles. The highest BCUT2D eigenvalue weighted by Gasteiger charge is 2.06. The number of hydrogen-bond acceptors (Lipinski definition) is 4. The van der Waals surface area contributed by atoms with E-state index in [-0.39, 0.29) is 26.4 Å². The Bertz CT molecular complexity index is 316. The van der Waals surface area contributed by atoms with Gasteiger partial charge in [-0.05, 0) is 11.1 Å². The summed E-state index contributed by atoms with van der Waals surface area (Å²) in [7, 11) is 10.9. The van der Waals surface area contributed by atoms with Crippen molar-refractivity contribution in [2.24, 2.45) is 0 Å². The third-order valence-corrected chi connectivity index (χ3v) is 2.38. The summed E-state index contributed by atoms with van der Waals surface area (Å²) in [5.74, 6) is 0. The van der Waals surface area contributed by atoms with Crippen molar-refractivity contribution < 1.29 is 19.7 Å². The van der Waals surface area contributed by atoms with Crippen LogP contribution in [0.3, 0.4) is 0 Å². The lowest BCUT2D eigenvalue weighted by atomic mass is 10.0. The number of rotatable bonds is 8. The summed E-state index contributed by atoms with van der Waals surface area (Å²) in [6.45, 7) is 0.118. The molecule has 94 valence electrons. The molecule has 4 nitrogen and oxygen atoms in total. The highest BCUT2D eigenvalue weighted by Crippen LogP contribution is 2.12. The molecule has 0 spiro atoms. The van der Waals surface area contributed by atoms with Gasteiger partial charge in [0.25, 0.3) is 0 Å². The smallest absolute Gasteiger partial charge is 0.112 e. The maximum Gasteiger partial charge on any atom is 0.112 e. The van der Waals surface area contributed by atoms with Gasteiger partial charge in [0.1, 0.15) is 15.7 Å². The monoisotopic (exact) mass is 246 g/mol. The average Bonchev–Trinajstić information content (AvgIpc) is 2.42. The first-order valence-corrected chi connectivity index (χ1v) is 5.70. The van der Waals surface area contributed by atoms with Crippen molar-refractivity contribution in [1.82, 2.24) is 0 Å². The molecule has 4 radical (unpaired) electrons. The van der Waals surface area contributed by atoms with Gasteiger partial charge in [0.05, 0.1) is 26.4 Å². The van der Waals surface area contributed by atoms with Gasteiger partial charge < -0.3 is 19.7 Å². The third kappa shape index (κ3) is 5.23. The zero-order chi connectivity index (χ0) is 13.4. The van der Waals surface area contributed by atoms with Crippen LogP contribution in [-0.2, 0) is 22.7 Å². The lowest BCUT2D eigenvalue weighted by molar-refractivity contribution is 0.0430. The van der Waals surface area contributed by atoms with E-state index in [4.69, 9.17) is 35.4 Å². The second-order valence-electron chi connectivity index (χ2n) is 3.83. The Labute approximate surface area is 110 Å². The highest BCUT2D eigenvalue weighted by atomic mass is 16.5. The maximum atomic E-state index is 8.77. The maximum absolute atomic E-state index is 8.77. The van der Waals surface area contributed by atoms with Gasteiger partial charge in [-0.2, -0.15) is 0 Å². The van der Waals surface area contributed by atoms with Gasteiger partial charge in [-0.3, -0.25) is 0 Å². The van der Waals surface area contributed by atoms with E-state index in [0.29, 0.717) is 0 Å². The predicted octanol–water partition coefficient (Wildman–Crippen LogP) is -0.306. The Morgan fingerprint density at radius 1 is 0.889 bits per heavy atom. The summed E-state index contributed by atoms with van der Waals surface area (Å²) in [5, 5.41) is 17.5. The molecular formula is C12H16B2O4. The minimum atomic E-state index is -0.696. The molecule has 0 aliphatic carbocycles. The molecule has 0 heterocycles. The Hall–Kier alpha value is -0.810. The summed E-state index contributed by atoms with van der Waals surface area (Å²) < 4.78 is 10.5. The molecule has 0 amide bonds. The Kier molecular flexibility index (Phi) is 7.05. The average molecular weight is 246 g/mol. The van der Waals surface area contributed by atoms with E-state index in [9.17, 15) is 0 Å². The van der Waals surface area contributed by atoms with Crippen LogP contribution in [-0.4, -0.2) is 51.1 Å². The SMILES string of the molecule is [B]C(CO)OCc1ccccc1COC([B])CO. The molecule has 2 N–H and O–H groups in total. The van der Waals surface area contributed by atoms with Gasteiger partial charge in [0.2, 0.25) is 0 Å². The zero-order valence-corrected chi connectivity index (χ0v) is 10.2. The Balaban J connectivity index is 2.56. The van der Waals surface area contributed by atoms with Crippen molar-refractivity contribution in [2.45, 2.75) is 25.2 Å². The molecule has 2 unspecified atom stereocenters. The second kappa shape index (κ2) is 8.32. The third-order valence-electron chi connectivity index (χ3n) is 2.38. The fourth-order valence-electron chi connectivity index (χ4n) is 1.34. The van der Waals surface area contributed by atoms with E-state index in [2.05, 4.69) is 0 Å². The van der Waals surface area contributed by atoms with Crippen LogP contribution in [0.5, 0.6) is 0 Å². The summed E-state index contributed by atoms with van der Waals surface area (Å²) in [4.78, 5) is 0. The van der Waals surface area contributed by atoms with Crippen molar-refractivity contribution in [3.8, 4) is 0 Å². The molecule has 0 bridgehead atoms. The molecule has 2 atom stereocenters.